The van der Waals surface area contributed by atoms with Gasteiger partial charge in [-0.25, -0.2) is 0 Å². The minimum Gasteiger partial charge on any atom is -0.339 e. The Morgan fingerprint density at radius 3 is 3.04 bits per heavy atom. The number of aryl methyl sites for hydroxylation is 1. The Balaban J connectivity index is 1.56. The van der Waals surface area contributed by atoms with Crippen molar-refractivity contribution in [1.82, 2.24) is 10.1 Å². The molecule has 0 atom stereocenters. The van der Waals surface area contributed by atoms with Crippen molar-refractivity contribution in [1.29, 1.82) is 5.26 Å². The Morgan fingerprint density at radius 2 is 2.26 bits per heavy atom. The number of hydrogen-bond acceptors (Lipinski definition) is 6. The van der Waals surface area contributed by atoms with E-state index in [-0.39, 0.29) is 12.3 Å². The van der Waals surface area contributed by atoms with Crippen molar-refractivity contribution in [2.75, 3.05) is 5.32 Å². The summed E-state index contributed by atoms with van der Waals surface area (Å²) in [4.78, 5) is 17.1. The second kappa shape index (κ2) is 6.85. The molecule has 0 radical (unpaired) electrons. The fraction of sp³-hybridized carbons (Fsp3) is 0.125. The Kier molecular flexibility index (Phi) is 4.45. The quantitative estimate of drug-likeness (QED) is 0.778. The largest absolute Gasteiger partial charge is 0.339 e. The fourth-order valence-corrected chi connectivity index (χ4v) is 2.62. The summed E-state index contributed by atoms with van der Waals surface area (Å²) in [6.07, 6.45) is 0.588. The predicted octanol–water partition coefficient (Wildman–Crippen LogP) is 3.24. The van der Waals surface area contributed by atoms with Crippen LogP contribution in [0.15, 0.2) is 46.3 Å². The lowest BCUT2D eigenvalue weighted by Gasteiger charge is -2.03. The highest BCUT2D eigenvalue weighted by molar-refractivity contribution is 7.13. The first kappa shape index (κ1) is 14.9. The Hall–Kier alpha value is -2.98. The number of rotatable bonds is 5. The SMILES string of the molecule is N#Cc1cccc(NC(=O)CCc2nc(-c3cccs3)no2)c1. The van der Waals surface area contributed by atoms with E-state index in [0.717, 1.165) is 4.88 Å². The van der Waals surface area contributed by atoms with Gasteiger partial charge in [0.15, 0.2) is 0 Å². The highest BCUT2D eigenvalue weighted by Gasteiger charge is 2.11. The average Bonchev–Trinajstić information content (AvgIpc) is 3.24. The molecule has 0 saturated heterocycles. The third-order valence-corrected chi connectivity index (χ3v) is 3.92. The number of carbonyl (C=O) groups is 1. The lowest BCUT2D eigenvalue weighted by Crippen LogP contribution is -2.12. The van der Waals surface area contributed by atoms with Gasteiger partial charge in [0, 0.05) is 18.5 Å². The van der Waals surface area contributed by atoms with Crippen LogP contribution in [0.1, 0.15) is 17.9 Å². The van der Waals surface area contributed by atoms with Gasteiger partial charge in [-0.2, -0.15) is 10.2 Å². The highest BCUT2D eigenvalue weighted by Crippen LogP contribution is 2.21. The zero-order chi connectivity index (χ0) is 16.1. The predicted molar refractivity (Wildman–Crippen MR) is 85.7 cm³/mol. The molecular formula is C16H12N4O2S. The lowest BCUT2D eigenvalue weighted by molar-refractivity contribution is -0.116. The van der Waals surface area contributed by atoms with Crippen molar-refractivity contribution in [2.45, 2.75) is 12.8 Å². The molecular weight excluding hydrogens is 312 g/mol. The van der Waals surface area contributed by atoms with Crippen molar-refractivity contribution < 1.29 is 9.32 Å². The molecule has 1 N–H and O–H groups in total. The van der Waals surface area contributed by atoms with E-state index in [9.17, 15) is 4.79 Å². The van der Waals surface area contributed by atoms with Gasteiger partial charge in [-0.3, -0.25) is 4.79 Å². The van der Waals surface area contributed by atoms with Crippen LogP contribution in [-0.2, 0) is 11.2 Å². The summed E-state index contributed by atoms with van der Waals surface area (Å²) >= 11 is 1.53. The number of benzene rings is 1. The standard InChI is InChI=1S/C16H12N4O2S/c17-10-11-3-1-4-12(9-11)18-14(21)6-7-15-19-16(20-22-15)13-5-2-8-23-13/h1-5,8-9H,6-7H2,(H,18,21). The van der Waals surface area contributed by atoms with Crippen LogP contribution < -0.4 is 5.32 Å². The van der Waals surface area contributed by atoms with Crippen molar-refractivity contribution in [3.63, 3.8) is 0 Å². The molecule has 23 heavy (non-hydrogen) atoms. The van der Waals surface area contributed by atoms with E-state index in [1.807, 2.05) is 23.6 Å². The van der Waals surface area contributed by atoms with E-state index in [4.69, 9.17) is 9.78 Å². The molecule has 6 nitrogen and oxygen atoms in total. The summed E-state index contributed by atoms with van der Waals surface area (Å²) in [6.45, 7) is 0. The minimum atomic E-state index is -0.170. The summed E-state index contributed by atoms with van der Waals surface area (Å²) in [7, 11) is 0. The molecule has 0 aliphatic carbocycles. The van der Waals surface area contributed by atoms with Crippen molar-refractivity contribution >= 4 is 22.9 Å². The Labute approximate surface area is 136 Å². The van der Waals surface area contributed by atoms with Gasteiger partial charge < -0.3 is 9.84 Å². The first-order chi connectivity index (χ1) is 11.2. The number of anilines is 1. The van der Waals surface area contributed by atoms with Gasteiger partial charge in [0.25, 0.3) is 0 Å². The van der Waals surface area contributed by atoms with Crippen molar-refractivity contribution in [3.05, 3.63) is 53.2 Å². The molecule has 7 heteroatoms. The molecule has 2 heterocycles. The van der Waals surface area contributed by atoms with E-state index in [1.165, 1.54) is 11.3 Å². The third kappa shape index (κ3) is 3.81. The molecule has 0 spiro atoms. The molecule has 0 aliphatic heterocycles. The average molecular weight is 324 g/mol. The summed E-state index contributed by atoms with van der Waals surface area (Å²) in [6, 6.07) is 12.6. The second-order valence-corrected chi connectivity index (χ2v) is 5.68. The number of hydrogen-bond donors (Lipinski definition) is 1. The number of nitrogens with one attached hydrogen (secondary N) is 1. The van der Waals surface area contributed by atoms with Gasteiger partial charge in [0.05, 0.1) is 16.5 Å². The first-order valence-corrected chi connectivity index (χ1v) is 7.79. The van der Waals surface area contributed by atoms with Gasteiger partial charge in [-0.15, -0.1) is 11.3 Å². The molecule has 3 rings (SSSR count). The van der Waals surface area contributed by atoms with Crippen LogP contribution in [0, 0.1) is 11.3 Å². The molecule has 0 fully saturated rings. The van der Waals surface area contributed by atoms with Gasteiger partial charge in [-0.1, -0.05) is 17.3 Å². The number of amides is 1. The van der Waals surface area contributed by atoms with Gasteiger partial charge in [-0.05, 0) is 29.6 Å². The maximum atomic E-state index is 11.9. The topological polar surface area (TPSA) is 91.8 Å². The Bertz CT molecular complexity index is 849. The van der Waals surface area contributed by atoms with Crippen LogP contribution in [0.4, 0.5) is 5.69 Å². The molecule has 1 aromatic carbocycles. The van der Waals surface area contributed by atoms with Crippen molar-refractivity contribution in [3.8, 4) is 16.8 Å². The van der Waals surface area contributed by atoms with Gasteiger partial charge in [0.1, 0.15) is 0 Å². The van der Waals surface area contributed by atoms with Gasteiger partial charge in [0.2, 0.25) is 17.6 Å². The summed E-state index contributed by atoms with van der Waals surface area (Å²) in [5.41, 5.74) is 1.10. The van der Waals surface area contributed by atoms with Crippen LogP contribution in [0.3, 0.4) is 0 Å². The molecule has 3 aromatic rings. The third-order valence-electron chi connectivity index (χ3n) is 3.05. The maximum Gasteiger partial charge on any atom is 0.227 e. The van der Waals surface area contributed by atoms with Crippen LogP contribution in [-0.4, -0.2) is 16.0 Å². The zero-order valence-corrected chi connectivity index (χ0v) is 12.8. The number of carbonyl (C=O) groups excluding carboxylic acids is 1. The molecule has 114 valence electrons. The van der Waals surface area contributed by atoms with E-state index in [0.29, 0.717) is 29.4 Å². The summed E-state index contributed by atoms with van der Waals surface area (Å²) in [5.74, 6) is 0.794. The van der Waals surface area contributed by atoms with Crippen LogP contribution >= 0.6 is 11.3 Å². The monoisotopic (exact) mass is 324 g/mol. The number of thiophene rings is 1. The van der Waals surface area contributed by atoms with E-state index < -0.39 is 0 Å². The molecule has 0 aliphatic rings. The van der Waals surface area contributed by atoms with E-state index in [1.54, 1.807) is 24.3 Å². The summed E-state index contributed by atoms with van der Waals surface area (Å²) < 4.78 is 5.15. The Morgan fingerprint density at radius 1 is 1.35 bits per heavy atom. The molecule has 0 unspecified atom stereocenters. The molecule has 0 saturated carbocycles. The van der Waals surface area contributed by atoms with Crippen molar-refractivity contribution in [2.24, 2.45) is 0 Å². The minimum absolute atomic E-state index is 0.170. The van der Waals surface area contributed by atoms with E-state index >= 15 is 0 Å². The lowest BCUT2D eigenvalue weighted by atomic mass is 10.2. The van der Waals surface area contributed by atoms with Gasteiger partial charge >= 0.3 is 0 Å². The fourth-order valence-electron chi connectivity index (χ4n) is 1.97. The molecule has 1 amide bonds. The number of nitrogens with zero attached hydrogens (tertiary/aromatic N) is 3. The van der Waals surface area contributed by atoms with Crippen LogP contribution in [0.2, 0.25) is 0 Å². The number of nitriles is 1. The molecule has 2 aromatic heterocycles. The zero-order valence-electron chi connectivity index (χ0n) is 12.0. The number of aromatic nitrogens is 2. The summed E-state index contributed by atoms with van der Waals surface area (Å²) in [5, 5.41) is 17.4. The van der Waals surface area contributed by atoms with Crippen LogP contribution in [0.5, 0.6) is 0 Å². The highest BCUT2D eigenvalue weighted by atomic mass is 32.1. The van der Waals surface area contributed by atoms with E-state index in [2.05, 4.69) is 15.5 Å². The molecule has 0 bridgehead atoms. The second-order valence-electron chi connectivity index (χ2n) is 4.73. The first-order valence-electron chi connectivity index (χ1n) is 6.91. The van der Waals surface area contributed by atoms with Crippen LogP contribution in [0.25, 0.3) is 10.7 Å². The normalized spacial score (nSPS) is 10.2. The smallest absolute Gasteiger partial charge is 0.227 e. The maximum absolute atomic E-state index is 11.9.